The zero-order chi connectivity index (χ0) is 19.6. The first-order chi connectivity index (χ1) is 12.8. The fourth-order valence-electron chi connectivity index (χ4n) is 3.62. The number of piperidine rings is 1. The Labute approximate surface area is 164 Å². The molecule has 1 amide bonds. The van der Waals surface area contributed by atoms with Crippen molar-refractivity contribution in [1.29, 1.82) is 0 Å². The molecule has 0 radical (unpaired) electrons. The molecule has 1 aliphatic rings. The Balaban J connectivity index is 1.82. The molecule has 0 bridgehead atoms. The number of aromatic nitrogens is 1. The number of nitrogens with zero attached hydrogens (tertiary/aromatic N) is 2. The third kappa shape index (κ3) is 4.12. The van der Waals surface area contributed by atoms with E-state index in [0.29, 0.717) is 17.1 Å². The highest BCUT2D eigenvalue weighted by Crippen LogP contribution is 2.35. The fourth-order valence-corrected chi connectivity index (χ4v) is 6.85. The Morgan fingerprint density at radius 2 is 1.96 bits per heavy atom. The Morgan fingerprint density at radius 1 is 1.26 bits per heavy atom. The number of thiophene rings is 1. The summed E-state index contributed by atoms with van der Waals surface area (Å²) in [4.78, 5) is 16.7. The Bertz CT molecular complexity index is 913. The summed E-state index contributed by atoms with van der Waals surface area (Å²) in [5, 5.41) is 2.88. The van der Waals surface area contributed by atoms with E-state index in [1.165, 1.54) is 17.4 Å². The maximum atomic E-state index is 13.3. The first-order valence-corrected chi connectivity index (χ1v) is 11.1. The van der Waals surface area contributed by atoms with Crippen LogP contribution in [0.15, 0.2) is 53.4 Å². The molecular weight excluding hydrogens is 382 g/mol. The largest absolute Gasteiger partial charge is 0.350 e. The van der Waals surface area contributed by atoms with Crippen LogP contribution in [0, 0.1) is 0 Å². The van der Waals surface area contributed by atoms with E-state index in [2.05, 4.69) is 16.9 Å². The highest BCUT2D eigenvalue weighted by molar-refractivity contribution is 7.91. The lowest BCUT2D eigenvalue weighted by Gasteiger charge is -2.41. The summed E-state index contributed by atoms with van der Waals surface area (Å²) in [6.45, 7) is 7.23. The summed E-state index contributed by atoms with van der Waals surface area (Å²) in [5.41, 5.74) is 0.760. The van der Waals surface area contributed by atoms with Crippen molar-refractivity contribution in [2.75, 3.05) is 0 Å². The van der Waals surface area contributed by atoms with Gasteiger partial charge in [-0.25, -0.2) is 8.42 Å². The van der Waals surface area contributed by atoms with Gasteiger partial charge >= 0.3 is 0 Å². The van der Waals surface area contributed by atoms with Crippen molar-refractivity contribution >= 4 is 27.3 Å². The van der Waals surface area contributed by atoms with Crippen LogP contribution in [-0.4, -0.2) is 41.7 Å². The number of rotatable bonds is 5. The Hall–Kier alpha value is -2.03. The summed E-state index contributed by atoms with van der Waals surface area (Å²) in [6.07, 6.45) is 4.07. The molecule has 2 aromatic rings. The van der Waals surface area contributed by atoms with Crippen LogP contribution in [0.1, 0.15) is 26.7 Å². The van der Waals surface area contributed by atoms with Gasteiger partial charge in [0.2, 0.25) is 5.91 Å². The zero-order valence-corrected chi connectivity index (χ0v) is 17.0. The molecule has 0 aliphatic carbocycles. The molecule has 2 atom stereocenters. The van der Waals surface area contributed by atoms with Gasteiger partial charge in [-0.1, -0.05) is 12.6 Å². The van der Waals surface area contributed by atoms with Crippen LogP contribution in [0.5, 0.6) is 0 Å². The standard InChI is InChI=1S/C19H23N3O3S2/c1-4-18(23)21-15-11-13(2)22(14(3)12-15)27(24,25)19-9-8-17(26-19)16-7-5-6-10-20-16/h4-10,13-15H,1,11-12H2,2-3H3,(H,21,23). The van der Waals surface area contributed by atoms with E-state index in [1.807, 2.05) is 32.0 Å². The molecule has 144 valence electrons. The third-order valence-corrected chi connectivity index (χ3v) is 8.39. The predicted molar refractivity (Wildman–Crippen MR) is 107 cm³/mol. The maximum absolute atomic E-state index is 13.3. The van der Waals surface area contributed by atoms with Crippen LogP contribution >= 0.6 is 11.3 Å². The van der Waals surface area contributed by atoms with Gasteiger partial charge in [0, 0.05) is 24.3 Å². The lowest BCUT2D eigenvalue weighted by atomic mass is 9.95. The average molecular weight is 406 g/mol. The topological polar surface area (TPSA) is 79.4 Å². The first-order valence-electron chi connectivity index (χ1n) is 8.80. The number of nitrogens with one attached hydrogen (secondary N) is 1. The lowest BCUT2D eigenvalue weighted by molar-refractivity contribution is -0.117. The monoisotopic (exact) mass is 405 g/mol. The van der Waals surface area contributed by atoms with Crippen molar-refractivity contribution in [2.24, 2.45) is 0 Å². The normalized spacial score (nSPS) is 23.7. The fraction of sp³-hybridized carbons (Fsp3) is 0.368. The predicted octanol–water partition coefficient (Wildman–Crippen LogP) is 3.04. The van der Waals surface area contributed by atoms with Gasteiger partial charge in [-0.2, -0.15) is 4.31 Å². The number of pyridine rings is 1. The van der Waals surface area contributed by atoms with Gasteiger partial charge in [-0.3, -0.25) is 9.78 Å². The van der Waals surface area contributed by atoms with Gasteiger partial charge in [0.25, 0.3) is 10.0 Å². The molecule has 6 nitrogen and oxygen atoms in total. The van der Waals surface area contributed by atoms with Crippen molar-refractivity contribution in [3.63, 3.8) is 0 Å². The molecule has 2 aromatic heterocycles. The molecule has 1 aliphatic heterocycles. The molecule has 0 spiro atoms. The van der Waals surface area contributed by atoms with E-state index < -0.39 is 10.0 Å². The van der Waals surface area contributed by atoms with Gasteiger partial charge in [0.1, 0.15) is 4.21 Å². The third-order valence-electron chi connectivity index (χ3n) is 4.68. The smallest absolute Gasteiger partial charge is 0.253 e. The molecular formula is C19H23N3O3S2. The molecule has 0 aromatic carbocycles. The minimum absolute atomic E-state index is 0.0561. The maximum Gasteiger partial charge on any atom is 0.253 e. The quantitative estimate of drug-likeness (QED) is 0.776. The number of carbonyl (C=O) groups excluding carboxylic acids is 1. The van der Waals surface area contributed by atoms with E-state index in [0.717, 1.165) is 10.6 Å². The average Bonchev–Trinajstić information content (AvgIpc) is 3.12. The summed E-state index contributed by atoms with van der Waals surface area (Å²) < 4.78 is 28.4. The minimum atomic E-state index is -3.61. The van der Waals surface area contributed by atoms with E-state index in [4.69, 9.17) is 0 Å². The van der Waals surface area contributed by atoms with Gasteiger partial charge < -0.3 is 5.32 Å². The second-order valence-corrected chi connectivity index (χ2v) is 9.90. The zero-order valence-electron chi connectivity index (χ0n) is 15.3. The van der Waals surface area contributed by atoms with E-state index in [1.54, 1.807) is 22.6 Å². The minimum Gasteiger partial charge on any atom is -0.350 e. The molecule has 1 fully saturated rings. The molecule has 8 heteroatoms. The van der Waals surface area contributed by atoms with Crippen LogP contribution in [0.4, 0.5) is 0 Å². The Kier molecular flexibility index (Phi) is 5.78. The lowest BCUT2D eigenvalue weighted by Crippen LogP contribution is -2.54. The van der Waals surface area contributed by atoms with Crippen LogP contribution < -0.4 is 5.32 Å². The molecule has 3 rings (SSSR count). The highest BCUT2D eigenvalue weighted by Gasteiger charge is 2.40. The molecule has 2 unspecified atom stereocenters. The SMILES string of the molecule is C=CC(=O)NC1CC(C)N(S(=O)(=O)c2ccc(-c3ccccn3)s2)C(C)C1. The summed E-state index contributed by atoms with van der Waals surface area (Å²) in [7, 11) is -3.61. The molecule has 1 N–H and O–H groups in total. The van der Waals surface area contributed by atoms with E-state index >= 15 is 0 Å². The van der Waals surface area contributed by atoms with Gasteiger partial charge in [-0.05, 0) is 57.0 Å². The van der Waals surface area contributed by atoms with Crippen LogP contribution in [0.25, 0.3) is 10.6 Å². The summed E-state index contributed by atoms with van der Waals surface area (Å²) in [5.74, 6) is -0.228. The molecule has 1 saturated heterocycles. The highest BCUT2D eigenvalue weighted by atomic mass is 32.2. The van der Waals surface area contributed by atoms with Crippen molar-refractivity contribution in [3.05, 3.63) is 49.2 Å². The van der Waals surface area contributed by atoms with Crippen molar-refractivity contribution < 1.29 is 13.2 Å². The number of sulfonamides is 1. The van der Waals surface area contributed by atoms with Crippen LogP contribution in [0.2, 0.25) is 0 Å². The van der Waals surface area contributed by atoms with Crippen molar-refractivity contribution in [2.45, 2.75) is 49.0 Å². The van der Waals surface area contributed by atoms with Crippen molar-refractivity contribution in [1.82, 2.24) is 14.6 Å². The van der Waals surface area contributed by atoms with Gasteiger partial charge in [0.05, 0.1) is 10.6 Å². The number of hydrogen-bond acceptors (Lipinski definition) is 5. The number of hydrogen-bond donors (Lipinski definition) is 1. The molecule has 27 heavy (non-hydrogen) atoms. The Morgan fingerprint density at radius 3 is 2.56 bits per heavy atom. The molecule has 3 heterocycles. The van der Waals surface area contributed by atoms with Crippen LogP contribution in [-0.2, 0) is 14.8 Å². The second kappa shape index (κ2) is 7.92. The number of carbonyl (C=O) groups is 1. The van der Waals surface area contributed by atoms with E-state index in [-0.39, 0.29) is 24.0 Å². The summed E-state index contributed by atoms with van der Waals surface area (Å²) >= 11 is 1.23. The molecule has 0 saturated carbocycles. The van der Waals surface area contributed by atoms with Gasteiger partial charge in [-0.15, -0.1) is 11.3 Å². The van der Waals surface area contributed by atoms with Crippen LogP contribution in [0.3, 0.4) is 0 Å². The first kappa shape index (κ1) is 19.7. The second-order valence-electron chi connectivity index (χ2n) is 6.75. The summed E-state index contributed by atoms with van der Waals surface area (Å²) in [6, 6.07) is 8.53. The van der Waals surface area contributed by atoms with E-state index in [9.17, 15) is 13.2 Å². The number of amides is 1. The van der Waals surface area contributed by atoms with Crippen molar-refractivity contribution in [3.8, 4) is 10.6 Å². The van der Waals surface area contributed by atoms with Gasteiger partial charge in [0.15, 0.2) is 0 Å².